The van der Waals surface area contributed by atoms with Gasteiger partial charge in [0.2, 0.25) is 0 Å². The Balaban J connectivity index is 1.27. The molecule has 0 spiro atoms. The molecule has 0 amide bonds. The Bertz CT molecular complexity index is 1230. The molecule has 0 bridgehead atoms. The van der Waals surface area contributed by atoms with Crippen LogP contribution < -0.4 is 10.1 Å². The third-order valence-electron chi connectivity index (χ3n) is 6.58. The van der Waals surface area contributed by atoms with Gasteiger partial charge in [0.1, 0.15) is 18.2 Å². The van der Waals surface area contributed by atoms with E-state index < -0.39 is 0 Å². The highest BCUT2D eigenvalue weighted by Crippen LogP contribution is 2.27. The van der Waals surface area contributed by atoms with Crippen molar-refractivity contribution in [3.8, 4) is 5.75 Å². The fraction of sp³-hybridized carbons (Fsp3) is 0.321. The van der Waals surface area contributed by atoms with Crippen molar-refractivity contribution in [1.82, 2.24) is 14.9 Å². The molecule has 33 heavy (non-hydrogen) atoms. The topological polar surface area (TPSA) is 39.1 Å². The summed E-state index contributed by atoms with van der Waals surface area (Å²) in [4.78, 5) is 4.94. The summed E-state index contributed by atoms with van der Waals surface area (Å²) in [7, 11) is 0. The third kappa shape index (κ3) is 4.92. The fourth-order valence-electron chi connectivity index (χ4n) is 4.84. The van der Waals surface area contributed by atoms with Gasteiger partial charge in [-0.05, 0) is 86.2 Å². The Morgan fingerprint density at radius 3 is 2.76 bits per heavy atom. The number of hydrogen-bond donors (Lipinski definition) is 1. The Kier molecular flexibility index (Phi) is 6.65. The van der Waals surface area contributed by atoms with E-state index in [-0.39, 0.29) is 0 Å². The zero-order valence-electron chi connectivity index (χ0n) is 19.1. The van der Waals surface area contributed by atoms with Gasteiger partial charge in [-0.2, -0.15) is 0 Å². The van der Waals surface area contributed by atoms with E-state index in [0.717, 1.165) is 55.9 Å². The summed E-state index contributed by atoms with van der Waals surface area (Å²) in [6.45, 7) is 4.57. The van der Waals surface area contributed by atoms with Crippen LogP contribution in [0.3, 0.4) is 0 Å². The number of benzene rings is 3. The second kappa shape index (κ2) is 9.98. The highest BCUT2D eigenvalue weighted by atomic mass is 35.5. The van der Waals surface area contributed by atoms with E-state index in [1.807, 2.05) is 24.3 Å². The van der Waals surface area contributed by atoms with E-state index in [1.54, 1.807) is 0 Å². The van der Waals surface area contributed by atoms with E-state index in [0.29, 0.717) is 17.7 Å². The lowest BCUT2D eigenvalue weighted by atomic mass is 9.91. The fourth-order valence-corrected chi connectivity index (χ4v) is 4.97. The molecule has 1 N–H and O–H groups in total. The standard InChI is InChI=1S/C28H30ClN3O/c1-20-7-6-11-26-28(20)31-27(19-33-23-14-12-22(29)13-15-23)32(26)18-5-4-10-25-24-9-3-2-8-21(24)16-17-30-25/h2-3,6-9,11-15,25,30H,4-5,10,16-19H2,1H3. The predicted octanol–water partition coefficient (Wildman–Crippen LogP) is 6.63. The number of para-hydroxylation sites is 1. The number of ether oxygens (including phenoxy) is 1. The monoisotopic (exact) mass is 459 g/mol. The number of rotatable bonds is 8. The van der Waals surface area contributed by atoms with E-state index in [4.69, 9.17) is 21.3 Å². The highest BCUT2D eigenvalue weighted by molar-refractivity contribution is 6.30. The van der Waals surface area contributed by atoms with Crippen LogP contribution >= 0.6 is 11.6 Å². The zero-order valence-corrected chi connectivity index (χ0v) is 19.8. The van der Waals surface area contributed by atoms with E-state index in [1.165, 1.54) is 22.2 Å². The molecular weight excluding hydrogens is 430 g/mol. The summed E-state index contributed by atoms with van der Waals surface area (Å²) < 4.78 is 8.38. The largest absolute Gasteiger partial charge is 0.486 e. The summed E-state index contributed by atoms with van der Waals surface area (Å²) in [5, 5.41) is 4.42. The summed E-state index contributed by atoms with van der Waals surface area (Å²) >= 11 is 6.00. The number of nitrogens with zero attached hydrogens (tertiary/aromatic N) is 2. The van der Waals surface area contributed by atoms with Gasteiger partial charge in [0.15, 0.2) is 0 Å². The van der Waals surface area contributed by atoms with Crippen LogP contribution in [0.1, 0.15) is 47.8 Å². The smallest absolute Gasteiger partial charge is 0.148 e. The van der Waals surface area contributed by atoms with Gasteiger partial charge in [-0.3, -0.25) is 0 Å². The average molecular weight is 460 g/mol. The summed E-state index contributed by atoms with van der Waals surface area (Å²) in [5.74, 6) is 1.77. The van der Waals surface area contributed by atoms with Crippen LogP contribution in [0.2, 0.25) is 5.02 Å². The van der Waals surface area contributed by atoms with E-state index >= 15 is 0 Å². The SMILES string of the molecule is Cc1cccc2c1nc(COc1ccc(Cl)cc1)n2CCCCC1NCCc2ccccc21. The average Bonchev–Trinajstić information content (AvgIpc) is 3.20. The lowest BCUT2D eigenvalue weighted by molar-refractivity contribution is 0.289. The minimum absolute atomic E-state index is 0.438. The molecule has 1 aromatic heterocycles. The molecule has 5 rings (SSSR count). The Labute approximate surface area is 200 Å². The van der Waals surface area contributed by atoms with Gasteiger partial charge in [-0.15, -0.1) is 0 Å². The first-order valence-corrected chi connectivity index (χ1v) is 12.2. The molecule has 1 aliphatic rings. The van der Waals surface area contributed by atoms with Gasteiger partial charge in [0, 0.05) is 17.6 Å². The maximum atomic E-state index is 6.05. The van der Waals surface area contributed by atoms with Crippen molar-refractivity contribution in [2.75, 3.05) is 6.54 Å². The second-order valence-corrected chi connectivity index (χ2v) is 9.25. The van der Waals surface area contributed by atoms with Crippen molar-refractivity contribution >= 4 is 22.6 Å². The molecule has 4 aromatic rings. The first kappa shape index (κ1) is 22.0. The van der Waals surface area contributed by atoms with Crippen molar-refractivity contribution in [2.45, 2.75) is 51.8 Å². The minimum Gasteiger partial charge on any atom is -0.486 e. The molecule has 4 nitrogen and oxygen atoms in total. The van der Waals surface area contributed by atoms with Crippen molar-refractivity contribution < 1.29 is 4.74 Å². The molecule has 0 radical (unpaired) electrons. The summed E-state index contributed by atoms with van der Waals surface area (Å²) in [6, 6.07) is 23.2. The molecule has 5 heteroatoms. The normalized spacial score (nSPS) is 15.5. The van der Waals surface area contributed by atoms with Crippen LogP contribution in [-0.2, 0) is 19.6 Å². The number of imidazole rings is 1. The van der Waals surface area contributed by atoms with Gasteiger partial charge in [0.05, 0.1) is 11.0 Å². The molecule has 1 aliphatic heterocycles. The summed E-state index contributed by atoms with van der Waals surface area (Å²) in [5.41, 5.74) is 6.42. The van der Waals surface area contributed by atoms with Crippen molar-refractivity contribution in [2.24, 2.45) is 0 Å². The highest BCUT2D eigenvalue weighted by Gasteiger charge is 2.19. The molecule has 3 aromatic carbocycles. The maximum absolute atomic E-state index is 6.05. The number of hydrogen-bond acceptors (Lipinski definition) is 3. The zero-order chi connectivity index (χ0) is 22.6. The van der Waals surface area contributed by atoms with Gasteiger partial charge >= 0.3 is 0 Å². The maximum Gasteiger partial charge on any atom is 0.148 e. The molecular formula is C28H30ClN3O. The van der Waals surface area contributed by atoms with Gasteiger partial charge in [0.25, 0.3) is 0 Å². The quantitative estimate of drug-likeness (QED) is 0.300. The molecule has 0 saturated heterocycles. The number of fused-ring (bicyclic) bond motifs is 2. The van der Waals surface area contributed by atoms with E-state index in [2.05, 4.69) is 59.3 Å². The number of aromatic nitrogens is 2. The van der Waals surface area contributed by atoms with E-state index in [9.17, 15) is 0 Å². The van der Waals surface area contributed by atoms with Crippen LogP contribution in [0.4, 0.5) is 0 Å². The van der Waals surface area contributed by atoms with Gasteiger partial charge < -0.3 is 14.6 Å². The number of nitrogens with one attached hydrogen (secondary N) is 1. The number of unbranched alkanes of at least 4 members (excludes halogenated alkanes) is 1. The van der Waals surface area contributed by atoms with Crippen LogP contribution in [0, 0.1) is 6.92 Å². The molecule has 170 valence electrons. The minimum atomic E-state index is 0.438. The lowest BCUT2D eigenvalue weighted by Gasteiger charge is -2.27. The van der Waals surface area contributed by atoms with Crippen LogP contribution in [-0.4, -0.2) is 16.1 Å². The predicted molar refractivity (Wildman–Crippen MR) is 135 cm³/mol. The van der Waals surface area contributed by atoms with Crippen molar-refractivity contribution in [3.63, 3.8) is 0 Å². The summed E-state index contributed by atoms with van der Waals surface area (Å²) in [6.07, 6.45) is 4.55. The molecule has 0 fully saturated rings. The molecule has 1 atom stereocenters. The molecule has 0 saturated carbocycles. The van der Waals surface area contributed by atoms with Crippen molar-refractivity contribution in [1.29, 1.82) is 0 Å². The second-order valence-electron chi connectivity index (χ2n) is 8.82. The first-order chi connectivity index (χ1) is 16.2. The molecule has 2 heterocycles. The first-order valence-electron chi connectivity index (χ1n) is 11.8. The van der Waals surface area contributed by atoms with Crippen LogP contribution in [0.15, 0.2) is 66.7 Å². The van der Waals surface area contributed by atoms with Gasteiger partial charge in [-0.1, -0.05) is 48.0 Å². The molecule has 1 unspecified atom stereocenters. The Morgan fingerprint density at radius 1 is 1.03 bits per heavy atom. The number of halogens is 1. The van der Waals surface area contributed by atoms with Gasteiger partial charge in [-0.25, -0.2) is 4.98 Å². The van der Waals surface area contributed by atoms with Crippen LogP contribution in [0.5, 0.6) is 5.75 Å². The third-order valence-corrected chi connectivity index (χ3v) is 6.83. The van der Waals surface area contributed by atoms with Crippen LogP contribution in [0.25, 0.3) is 11.0 Å². The van der Waals surface area contributed by atoms with Crippen molar-refractivity contribution in [3.05, 3.63) is 94.3 Å². The Hall–Kier alpha value is -2.82. The lowest BCUT2D eigenvalue weighted by Crippen LogP contribution is -2.29. The number of aryl methyl sites for hydroxylation is 2. The molecule has 0 aliphatic carbocycles. The Morgan fingerprint density at radius 2 is 1.88 bits per heavy atom.